The molecule has 0 amide bonds. The molecule has 3 fully saturated rings. The number of aliphatic hydroxyl groups is 5. The van der Waals surface area contributed by atoms with Crippen molar-refractivity contribution in [3.8, 4) is 17.2 Å². The van der Waals surface area contributed by atoms with Crippen LogP contribution in [-0.2, 0) is 54.0 Å². The molecule has 3 saturated heterocycles. The summed E-state index contributed by atoms with van der Waals surface area (Å²) in [5.41, 5.74) is -1.02. The zero-order valence-electron chi connectivity index (χ0n) is 33.3. The highest BCUT2D eigenvalue weighted by Crippen LogP contribution is 2.43. The molecule has 16 atom stereocenters. The molecule has 6 rings (SSSR count). The number of benzene rings is 2. The van der Waals surface area contributed by atoms with E-state index in [0.717, 1.165) is 14.0 Å². The molecule has 58 heavy (non-hydrogen) atoms. The fraction of sp³-hybridized carbons (Fsp3) is 0.675. The summed E-state index contributed by atoms with van der Waals surface area (Å²) in [7, 11) is 1.16. The van der Waals surface area contributed by atoms with Crippen molar-refractivity contribution in [2.24, 2.45) is 5.92 Å². The number of phenolic OH excluding ortho intramolecular Hbond substituents is 2. The van der Waals surface area contributed by atoms with E-state index in [1.807, 2.05) is 0 Å². The molecular weight excluding hydrogens is 768 g/mol. The number of ketones is 2. The summed E-state index contributed by atoms with van der Waals surface area (Å²) in [6, 6.07) is 4.43. The van der Waals surface area contributed by atoms with Gasteiger partial charge in [-0.05, 0) is 71.0 Å². The average molecular weight is 823 g/mol. The molecule has 7 N–H and O–H groups in total. The van der Waals surface area contributed by atoms with Crippen LogP contribution in [0.3, 0.4) is 0 Å². The lowest BCUT2D eigenvalue weighted by atomic mass is 9.83. The van der Waals surface area contributed by atoms with Crippen molar-refractivity contribution < 1.29 is 88.0 Å². The maximum absolute atomic E-state index is 14.3. The van der Waals surface area contributed by atoms with Gasteiger partial charge in [-0.3, -0.25) is 9.59 Å². The summed E-state index contributed by atoms with van der Waals surface area (Å²) in [6.45, 7) is 8.70. The molecule has 0 unspecified atom stereocenters. The zero-order valence-corrected chi connectivity index (χ0v) is 33.3. The molecule has 0 spiro atoms. The van der Waals surface area contributed by atoms with E-state index in [2.05, 4.69) is 0 Å². The minimum absolute atomic E-state index is 0.0377. The second-order valence-electron chi connectivity index (χ2n) is 16.1. The number of methoxy groups -OCH3 is 1. The molecule has 3 bridgehead atoms. The Labute approximate surface area is 334 Å². The number of hydrogen-bond acceptors (Lipinski definition) is 18. The monoisotopic (exact) mass is 822 g/mol. The van der Waals surface area contributed by atoms with Crippen molar-refractivity contribution in [1.82, 2.24) is 0 Å². The summed E-state index contributed by atoms with van der Waals surface area (Å²) >= 11 is 0. The van der Waals surface area contributed by atoms with E-state index in [1.54, 1.807) is 26.8 Å². The molecule has 0 radical (unpaired) electrons. The number of carbonyl (C=O) groups excluding carboxylic acids is 3. The van der Waals surface area contributed by atoms with Crippen LogP contribution in [0.25, 0.3) is 10.8 Å². The van der Waals surface area contributed by atoms with Crippen LogP contribution in [0.1, 0.15) is 65.0 Å². The van der Waals surface area contributed by atoms with E-state index in [1.165, 1.54) is 26.0 Å². The zero-order chi connectivity index (χ0) is 42.5. The van der Waals surface area contributed by atoms with Crippen molar-refractivity contribution in [3.63, 3.8) is 0 Å². The van der Waals surface area contributed by atoms with E-state index in [-0.39, 0.29) is 53.9 Å². The second kappa shape index (κ2) is 17.3. The van der Waals surface area contributed by atoms with Gasteiger partial charge >= 0.3 is 5.97 Å². The maximum Gasteiger partial charge on any atom is 0.341 e. The molecule has 2 aromatic rings. The summed E-state index contributed by atoms with van der Waals surface area (Å²) in [5.74, 6) is -4.97. The van der Waals surface area contributed by atoms with Crippen LogP contribution in [0.2, 0.25) is 0 Å². The van der Waals surface area contributed by atoms with Gasteiger partial charge in [0.2, 0.25) is 0 Å². The number of hydrogen-bond donors (Lipinski definition) is 7. The molecule has 4 heterocycles. The van der Waals surface area contributed by atoms with Crippen molar-refractivity contribution in [2.45, 2.75) is 159 Å². The largest absolute Gasteiger partial charge is 0.507 e. The second-order valence-corrected chi connectivity index (χ2v) is 16.1. The van der Waals surface area contributed by atoms with Gasteiger partial charge in [0, 0.05) is 37.9 Å². The third-order valence-electron chi connectivity index (χ3n) is 11.6. The van der Waals surface area contributed by atoms with Gasteiger partial charge in [-0.25, -0.2) is 4.79 Å². The lowest BCUT2D eigenvalue weighted by Gasteiger charge is -2.46. The summed E-state index contributed by atoms with van der Waals surface area (Å²) < 4.78 is 47.8. The smallest absolute Gasteiger partial charge is 0.341 e. The van der Waals surface area contributed by atoms with Crippen LogP contribution in [0.15, 0.2) is 18.2 Å². The van der Waals surface area contributed by atoms with Crippen LogP contribution < -0.4 is 4.74 Å². The fourth-order valence-electron chi connectivity index (χ4n) is 8.28. The number of rotatable bonds is 11. The number of phenols is 2. The lowest BCUT2D eigenvalue weighted by Crippen LogP contribution is -2.58. The van der Waals surface area contributed by atoms with E-state index in [0.29, 0.717) is 10.9 Å². The Morgan fingerprint density at radius 3 is 2.02 bits per heavy atom. The molecular formula is C40H54O18. The van der Waals surface area contributed by atoms with Gasteiger partial charge in [0.1, 0.15) is 41.7 Å². The standard InChI is InChI=1S/C40H54O18/c1-15-24-11-21-8-20(10-23(42)30(21)31(15)43)9-22(36(51-7)35(47)32(44)16(2)41)37(39(49)57-24)58-28-13-25(33(45)18(4)53-28)55-27-12-26(34(46)17(3)52-27)56-29-14-40(6,50)38(48)19(5)54-29/h8,10-11,17-19,22,25-29,32-34,36-38,42-46,48,50H,9,12-14H2,1-7H3/t17-,18-,19-,22+,25-,26-,27+,28+,29+,32+,33-,34+,36+,37+,38-,40+/m1/s1. The summed E-state index contributed by atoms with van der Waals surface area (Å²) in [4.78, 5) is 40.0. The molecule has 0 aromatic heterocycles. The highest BCUT2D eigenvalue weighted by molar-refractivity contribution is 6.06. The number of carbonyl (C=O) groups is 3. The van der Waals surface area contributed by atoms with E-state index in [4.69, 9.17) is 37.9 Å². The Hall–Kier alpha value is -3.37. The van der Waals surface area contributed by atoms with Crippen molar-refractivity contribution in [2.75, 3.05) is 7.11 Å². The van der Waals surface area contributed by atoms with Crippen LogP contribution in [0.5, 0.6) is 17.2 Å². The van der Waals surface area contributed by atoms with Gasteiger partial charge in [-0.2, -0.15) is 0 Å². The molecule has 0 saturated carbocycles. The first-order valence-electron chi connectivity index (χ1n) is 19.3. The van der Waals surface area contributed by atoms with Crippen LogP contribution in [-0.4, -0.2) is 152 Å². The highest BCUT2D eigenvalue weighted by atomic mass is 16.7. The maximum atomic E-state index is 14.3. The topological polar surface area (TPSA) is 267 Å². The lowest BCUT2D eigenvalue weighted by molar-refractivity contribution is -0.334. The van der Waals surface area contributed by atoms with E-state index >= 15 is 0 Å². The minimum Gasteiger partial charge on any atom is -0.507 e. The van der Waals surface area contributed by atoms with Crippen molar-refractivity contribution in [3.05, 3.63) is 29.3 Å². The third-order valence-corrected chi connectivity index (χ3v) is 11.6. The van der Waals surface area contributed by atoms with Crippen molar-refractivity contribution >= 4 is 28.3 Å². The Morgan fingerprint density at radius 1 is 0.879 bits per heavy atom. The number of aliphatic hydroxyl groups excluding tert-OH is 4. The fourth-order valence-corrected chi connectivity index (χ4v) is 8.28. The Kier molecular flexibility index (Phi) is 13.2. The van der Waals surface area contributed by atoms with Gasteiger partial charge in [-0.1, -0.05) is 6.07 Å². The van der Waals surface area contributed by atoms with Gasteiger partial charge in [-0.15, -0.1) is 0 Å². The molecule has 0 aliphatic carbocycles. The van der Waals surface area contributed by atoms with Gasteiger partial charge in [0.05, 0.1) is 41.5 Å². The van der Waals surface area contributed by atoms with Gasteiger partial charge in [0.15, 0.2) is 42.6 Å². The number of esters is 1. The van der Waals surface area contributed by atoms with Crippen LogP contribution in [0, 0.1) is 12.8 Å². The SMILES string of the molecule is CO[C@H](C(=O)[C@@H](O)C(C)=O)[C@@H]1Cc2cc(O)c3c(O)c(C)c(cc3c2)OC(=O)[C@H]1O[C@H]1C[C@@H](O[C@H]2C[C@@H](O[C@H]3C[C@](C)(O)[C@H](O)[C@@H](C)O3)[C@@H](O)[C@@H](C)O2)[C@H](O)[C@@H](C)O1. The predicted molar refractivity (Wildman–Crippen MR) is 197 cm³/mol. The first kappa shape index (κ1) is 44.2. The number of ether oxygens (including phenoxy) is 8. The number of aromatic hydroxyl groups is 2. The molecule has 322 valence electrons. The Balaban J connectivity index is 1.27. The van der Waals surface area contributed by atoms with Crippen molar-refractivity contribution in [1.29, 1.82) is 0 Å². The molecule has 2 aromatic carbocycles. The first-order valence-corrected chi connectivity index (χ1v) is 19.3. The van der Waals surface area contributed by atoms with Gasteiger partial charge < -0.3 is 73.6 Å². The highest BCUT2D eigenvalue weighted by Gasteiger charge is 2.49. The van der Waals surface area contributed by atoms with Crippen LogP contribution >= 0.6 is 0 Å². The van der Waals surface area contributed by atoms with E-state index in [9.17, 15) is 50.1 Å². The Bertz CT molecular complexity index is 1850. The summed E-state index contributed by atoms with van der Waals surface area (Å²) in [6.07, 6.45) is -17.4. The molecule has 18 nitrogen and oxygen atoms in total. The quantitative estimate of drug-likeness (QED) is 0.0928. The number of Topliss-reactive ketones (excluding diaryl/α,β-unsaturated/α-hetero) is 2. The third kappa shape index (κ3) is 8.89. The first-order chi connectivity index (χ1) is 27.2. The molecule has 4 aliphatic heterocycles. The summed E-state index contributed by atoms with van der Waals surface area (Å²) in [5, 5.41) is 76.2. The minimum atomic E-state index is -2.10. The van der Waals surface area contributed by atoms with Gasteiger partial charge in [0.25, 0.3) is 0 Å². The normalized spacial score (nSPS) is 38.0. The Morgan fingerprint density at radius 2 is 1.45 bits per heavy atom. The predicted octanol–water partition coefficient (Wildman–Crippen LogP) is 0.565. The van der Waals surface area contributed by atoms with Crippen LogP contribution in [0.4, 0.5) is 0 Å². The molecule has 18 heteroatoms. The molecule has 4 aliphatic rings. The van der Waals surface area contributed by atoms with E-state index < -0.39 is 115 Å². The average Bonchev–Trinajstić information content (AvgIpc) is 3.14. The number of fused-ring (bicyclic) bond motifs is 2.